The Balaban J connectivity index is 2.08. The SMILES string of the molecule is Cc1ccc(COc2cccnc2Br)cc1C. The van der Waals surface area contributed by atoms with Gasteiger partial charge in [-0.3, -0.25) is 0 Å². The molecule has 3 heteroatoms. The number of hydrogen-bond donors (Lipinski definition) is 0. The highest BCUT2D eigenvalue weighted by Crippen LogP contribution is 2.22. The lowest BCUT2D eigenvalue weighted by Crippen LogP contribution is -1.97. The molecule has 0 radical (unpaired) electrons. The zero-order chi connectivity index (χ0) is 12.3. The zero-order valence-electron chi connectivity index (χ0n) is 9.90. The third kappa shape index (κ3) is 3.07. The lowest BCUT2D eigenvalue weighted by atomic mass is 10.1. The molecule has 0 N–H and O–H groups in total. The Morgan fingerprint density at radius 2 is 2.00 bits per heavy atom. The average molecular weight is 292 g/mol. The van der Waals surface area contributed by atoms with Crippen LogP contribution in [-0.2, 0) is 6.61 Å². The fourth-order valence-electron chi connectivity index (χ4n) is 1.53. The van der Waals surface area contributed by atoms with E-state index in [0.717, 1.165) is 10.4 Å². The van der Waals surface area contributed by atoms with Gasteiger partial charge in [-0.05, 0) is 58.6 Å². The number of rotatable bonds is 3. The van der Waals surface area contributed by atoms with E-state index in [0.29, 0.717) is 6.61 Å². The van der Waals surface area contributed by atoms with E-state index in [4.69, 9.17) is 4.74 Å². The topological polar surface area (TPSA) is 22.1 Å². The standard InChI is InChI=1S/C14H14BrNO/c1-10-5-6-12(8-11(10)2)9-17-13-4-3-7-16-14(13)15/h3-8H,9H2,1-2H3. The third-order valence-electron chi connectivity index (χ3n) is 2.69. The van der Waals surface area contributed by atoms with Crippen LogP contribution in [-0.4, -0.2) is 4.98 Å². The smallest absolute Gasteiger partial charge is 0.152 e. The molecule has 2 rings (SSSR count). The van der Waals surface area contributed by atoms with Gasteiger partial charge in [0.05, 0.1) is 0 Å². The molecular weight excluding hydrogens is 278 g/mol. The largest absolute Gasteiger partial charge is 0.486 e. The zero-order valence-corrected chi connectivity index (χ0v) is 11.5. The van der Waals surface area contributed by atoms with Crippen LogP contribution in [0.3, 0.4) is 0 Å². The van der Waals surface area contributed by atoms with Gasteiger partial charge in [0.2, 0.25) is 0 Å². The number of nitrogens with zero attached hydrogens (tertiary/aromatic N) is 1. The summed E-state index contributed by atoms with van der Waals surface area (Å²) >= 11 is 3.36. The summed E-state index contributed by atoms with van der Waals surface area (Å²) in [6, 6.07) is 10.1. The van der Waals surface area contributed by atoms with Crippen LogP contribution < -0.4 is 4.74 Å². The molecule has 0 atom stereocenters. The number of hydrogen-bond acceptors (Lipinski definition) is 2. The Morgan fingerprint density at radius 1 is 1.18 bits per heavy atom. The summed E-state index contributed by atoms with van der Waals surface area (Å²) in [5, 5.41) is 0. The minimum absolute atomic E-state index is 0.561. The minimum atomic E-state index is 0.561. The van der Waals surface area contributed by atoms with Gasteiger partial charge in [-0.25, -0.2) is 4.98 Å². The highest BCUT2D eigenvalue weighted by atomic mass is 79.9. The van der Waals surface area contributed by atoms with Gasteiger partial charge in [-0.15, -0.1) is 0 Å². The molecule has 88 valence electrons. The van der Waals surface area contributed by atoms with E-state index in [-0.39, 0.29) is 0 Å². The van der Waals surface area contributed by atoms with Gasteiger partial charge in [0.15, 0.2) is 5.75 Å². The van der Waals surface area contributed by atoms with E-state index in [1.807, 2.05) is 12.1 Å². The predicted molar refractivity (Wildman–Crippen MR) is 72.2 cm³/mol. The van der Waals surface area contributed by atoms with E-state index in [1.165, 1.54) is 16.7 Å². The molecule has 0 bridgehead atoms. The Kier molecular flexibility index (Phi) is 3.79. The van der Waals surface area contributed by atoms with Gasteiger partial charge < -0.3 is 4.74 Å². The summed E-state index contributed by atoms with van der Waals surface area (Å²) in [6.45, 7) is 4.78. The van der Waals surface area contributed by atoms with Crippen molar-refractivity contribution in [3.63, 3.8) is 0 Å². The summed E-state index contributed by atoms with van der Waals surface area (Å²) in [7, 11) is 0. The Morgan fingerprint density at radius 3 is 2.71 bits per heavy atom. The van der Waals surface area contributed by atoms with Crippen LogP contribution in [0.1, 0.15) is 16.7 Å². The Labute approximate surface area is 110 Å². The Hall–Kier alpha value is -1.35. The van der Waals surface area contributed by atoms with E-state index in [9.17, 15) is 0 Å². The van der Waals surface area contributed by atoms with Crippen molar-refractivity contribution in [3.05, 3.63) is 57.8 Å². The molecule has 0 fully saturated rings. The van der Waals surface area contributed by atoms with Crippen LogP contribution in [0.4, 0.5) is 0 Å². The summed E-state index contributed by atoms with van der Waals surface area (Å²) in [5.41, 5.74) is 3.76. The predicted octanol–water partition coefficient (Wildman–Crippen LogP) is 4.04. The minimum Gasteiger partial charge on any atom is -0.486 e. The van der Waals surface area contributed by atoms with Crippen molar-refractivity contribution in [2.75, 3.05) is 0 Å². The second-order valence-corrected chi connectivity index (χ2v) is 4.75. The number of benzene rings is 1. The average Bonchev–Trinajstić information content (AvgIpc) is 2.32. The van der Waals surface area contributed by atoms with Gasteiger partial charge in [0.25, 0.3) is 0 Å². The van der Waals surface area contributed by atoms with Crippen molar-refractivity contribution in [1.29, 1.82) is 0 Å². The lowest BCUT2D eigenvalue weighted by Gasteiger charge is -2.08. The van der Waals surface area contributed by atoms with Crippen LogP contribution in [0.25, 0.3) is 0 Å². The van der Waals surface area contributed by atoms with Crippen LogP contribution in [0, 0.1) is 13.8 Å². The molecule has 1 aromatic carbocycles. The van der Waals surface area contributed by atoms with Crippen molar-refractivity contribution in [2.45, 2.75) is 20.5 Å². The van der Waals surface area contributed by atoms with E-state index < -0.39 is 0 Å². The molecule has 0 saturated heterocycles. The Bertz CT molecular complexity index is 525. The van der Waals surface area contributed by atoms with Crippen LogP contribution in [0.2, 0.25) is 0 Å². The molecule has 2 aromatic rings. The maximum Gasteiger partial charge on any atom is 0.152 e. The summed E-state index contributed by atoms with van der Waals surface area (Å²) in [6.07, 6.45) is 1.73. The van der Waals surface area contributed by atoms with Crippen molar-refractivity contribution in [2.24, 2.45) is 0 Å². The normalized spacial score (nSPS) is 10.3. The van der Waals surface area contributed by atoms with Gasteiger partial charge in [0, 0.05) is 6.20 Å². The first-order chi connectivity index (χ1) is 8.16. The summed E-state index contributed by atoms with van der Waals surface area (Å²) in [5.74, 6) is 0.769. The third-order valence-corrected chi connectivity index (χ3v) is 3.29. The fraction of sp³-hybridized carbons (Fsp3) is 0.214. The van der Waals surface area contributed by atoms with Crippen molar-refractivity contribution >= 4 is 15.9 Å². The number of aryl methyl sites for hydroxylation is 2. The van der Waals surface area contributed by atoms with Gasteiger partial charge in [0.1, 0.15) is 11.2 Å². The second kappa shape index (κ2) is 5.32. The van der Waals surface area contributed by atoms with E-state index in [1.54, 1.807) is 6.20 Å². The second-order valence-electron chi connectivity index (χ2n) is 4.00. The van der Waals surface area contributed by atoms with Gasteiger partial charge in [-0.2, -0.15) is 0 Å². The first-order valence-electron chi connectivity index (χ1n) is 5.46. The fourth-order valence-corrected chi connectivity index (χ4v) is 1.90. The maximum atomic E-state index is 5.71. The molecule has 0 aliphatic rings. The lowest BCUT2D eigenvalue weighted by molar-refractivity contribution is 0.302. The van der Waals surface area contributed by atoms with Gasteiger partial charge in [-0.1, -0.05) is 18.2 Å². The summed E-state index contributed by atoms with van der Waals surface area (Å²) in [4.78, 5) is 4.11. The van der Waals surface area contributed by atoms with Crippen LogP contribution >= 0.6 is 15.9 Å². The monoisotopic (exact) mass is 291 g/mol. The van der Waals surface area contributed by atoms with Crippen molar-refractivity contribution in [1.82, 2.24) is 4.98 Å². The maximum absolute atomic E-state index is 5.71. The molecule has 0 spiro atoms. The van der Waals surface area contributed by atoms with Crippen molar-refractivity contribution < 1.29 is 4.74 Å². The molecule has 2 nitrogen and oxygen atoms in total. The molecule has 0 saturated carbocycles. The van der Waals surface area contributed by atoms with Crippen molar-refractivity contribution in [3.8, 4) is 5.75 Å². The van der Waals surface area contributed by atoms with Crippen LogP contribution in [0.5, 0.6) is 5.75 Å². The first kappa shape index (κ1) is 12.1. The molecular formula is C14H14BrNO. The quantitative estimate of drug-likeness (QED) is 0.796. The molecule has 0 aliphatic carbocycles. The van der Waals surface area contributed by atoms with E-state index in [2.05, 4.69) is 53.0 Å². The number of aromatic nitrogens is 1. The molecule has 1 heterocycles. The molecule has 0 aliphatic heterocycles. The van der Waals surface area contributed by atoms with Crippen LogP contribution in [0.15, 0.2) is 41.1 Å². The number of pyridine rings is 1. The molecule has 1 aromatic heterocycles. The number of ether oxygens (including phenoxy) is 1. The summed E-state index contributed by atoms with van der Waals surface area (Å²) < 4.78 is 6.45. The first-order valence-corrected chi connectivity index (χ1v) is 6.25. The number of halogens is 1. The molecule has 0 unspecified atom stereocenters. The molecule has 0 amide bonds. The van der Waals surface area contributed by atoms with Gasteiger partial charge >= 0.3 is 0 Å². The van der Waals surface area contributed by atoms with E-state index >= 15 is 0 Å². The highest BCUT2D eigenvalue weighted by molar-refractivity contribution is 9.10. The molecule has 17 heavy (non-hydrogen) atoms. The highest BCUT2D eigenvalue weighted by Gasteiger charge is 2.02.